The third-order valence-electron chi connectivity index (χ3n) is 2.68. The molecule has 17 heavy (non-hydrogen) atoms. The van der Waals surface area contributed by atoms with Gasteiger partial charge in [-0.05, 0) is 13.3 Å². The van der Waals surface area contributed by atoms with Crippen LogP contribution >= 0.6 is 11.3 Å². The Morgan fingerprint density at radius 1 is 1.35 bits per heavy atom. The van der Waals surface area contributed by atoms with Crippen molar-refractivity contribution in [3.8, 4) is 0 Å². The van der Waals surface area contributed by atoms with E-state index in [2.05, 4.69) is 26.8 Å². The zero-order valence-corrected chi connectivity index (χ0v) is 11.1. The maximum absolute atomic E-state index is 4.36. The van der Waals surface area contributed by atoms with E-state index in [1.54, 1.807) is 11.3 Å². The number of hydrogen-bond donors (Lipinski definition) is 1. The summed E-state index contributed by atoms with van der Waals surface area (Å²) in [4.78, 5) is 9.91. The predicted molar refractivity (Wildman–Crippen MR) is 69.9 cm³/mol. The maximum Gasteiger partial charge on any atom is 0.122 e. The SMILES string of the molecule is CCCn1ccnc1CNCc1scnc1C. The quantitative estimate of drug-likeness (QED) is 0.855. The summed E-state index contributed by atoms with van der Waals surface area (Å²) in [5, 5.41) is 3.42. The number of nitrogens with zero attached hydrogens (tertiary/aromatic N) is 3. The molecule has 0 bridgehead atoms. The Kier molecular flexibility index (Phi) is 4.28. The monoisotopic (exact) mass is 250 g/mol. The van der Waals surface area contributed by atoms with E-state index >= 15 is 0 Å². The van der Waals surface area contributed by atoms with Gasteiger partial charge in [-0.2, -0.15) is 0 Å². The Morgan fingerprint density at radius 2 is 2.24 bits per heavy atom. The van der Waals surface area contributed by atoms with Gasteiger partial charge in [0.15, 0.2) is 0 Å². The van der Waals surface area contributed by atoms with Crippen LogP contribution in [-0.2, 0) is 19.6 Å². The Hall–Kier alpha value is -1.20. The highest BCUT2D eigenvalue weighted by atomic mass is 32.1. The topological polar surface area (TPSA) is 42.7 Å². The van der Waals surface area contributed by atoms with Crippen LogP contribution in [0.25, 0.3) is 0 Å². The summed E-state index contributed by atoms with van der Waals surface area (Å²) >= 11 is 1.70. The lowest BCUT2D eigenvalue weighted by atomic mass is 10.4. The Labute approximate surface area is 106 Å². The summed E-state index contributed by atoms with van der Waals surface area (Å²) in [6.07, 6.45) is 5.04. The number of hydrogen-bond acceptors (Lipinski definition) is 4. The molecule has 2 rings (SSSR count). The molecule has 0 aromatic carbocycles. The number of imidazole rings is 1. The number of rotatable bonds is 6. The molecule has 0 spiro atoms. The number of aromatic nitrogens is 3. The lowest BCUT2D eigenvalue weighted by Gasteiger charge is -2.07. The van der Waals surface area contributed by atoms with Crippen LogP contribution in [0.1, 0.15) is 29.7 Å². The van der Waals surface area contributed by atoms with Gasteiger partial charge in [-0.3, -0.25) is 0 Å². The van der Waals surface area contributed by atoms with Crippen molar-refractivity contribution < 1.29 is 0 Å². The van der Waals surface area contributed by atoms with Crippen molar-refractivity contribution in [1.29, 1.82) is 0 Å². The summed E-state index contributed by atoms with van der Waals surface area (Å²) in [6, 6.07) is 0. The van der Waals surface area contributed by atoms with E-state index < -0.39 is 0 Å². The zero-order valence-electron chi connectivity index (χ0n) is 10.3. The molecule has 0 saturated carbocycles. The van der Waals surface area contributed by atoms with Gasteiger partial charge in [-0.25, -0.2) is 9.97 Å². The molecule has 0 aliphatic rings. The van der Waals surface area contributed by atoms with Crippen LogP contribution in [0.2, 0.25) is 0 Å². The molecule has 2 heterocycles. The first kappa shape index (κ1) is 12.3. The highest BCUT2D eigenvalue weighted by Crippen LogP contribution is 2.11. The molecule has 0 aliphatic heterocycles. The zero-order chi connectivity index (χ0) is 12.1. The molecular weight excluding hydrogens is 232 g/mol. The average molecular weight is 250 g/mol. The summed E-state index contributed by atoms with van der Waals surface area (Å²) < 4.78 is 2.20. The molecule has 0 atom stereocenters. The van der Waals surface area contributed by atoms with Crippen LogP contribution in [0.5, 0.6) is 0 Å². The molecule has 2 aromatic heterocycles. The molecule has 92 valence electrons. The van der Waals surface area contributed by atoms with E-state index in [9.17, 15) is 0 Å². The summed E-state index contributed by atoms with van der Waals surface area (Å²) in [5.74, 6) is 1.11. The van der Waals surface area contributed by atoms with Crippen LogP contribution in [-0.4, -0.2) is 14.5 Å². The van der Waals surface area contributed by atoms with Crippen molar-refractivity contribution in [1.82, 2.24) is 19.9 Å². The molecule has 2 aromatic rings. The standard InChI is InChI=1S/C12H18N4S/c1-3-5-16-6-4-14-12(16)8-13-7-11-10(2)15-9-17-11/h4,6,9,13H,3,5,7-8H2,1-2H3. The molecule has 0 unspecified atom stereocenters. The first-order valence-corrected chi connectivity index (χ1v) is 6.79. The lowest BCUT2D eigenvalue weighted by Crippen LogP contribution is -2.16. The molecule has 1 N–H and O–H groups in total. The van der Waals surface area contributed by atoms with Gasteiger partial charge in [0.2, 0.25) is 0 Å². The summed E-state index contributed by atoms with van der Waals surface area (Å²) in [7, 11) is 0. The lowest BCUT2D eigenvalue weighted by molar-refractivity contribution is 0.589. The van der Waals surface area contributed by atoms with Crippen molar-refractivity contribution in [2.75, 3.05) is 0 Å². The molecular formula is C12H18N4S. The molecule has 5 heteroatoms. The van der Waals surface area contributed by atoms with Gasteiger partial charge in [0.05, 0.1) is 17.7 Å². The number of nitrogens with one attached hydrogen (secondary N) is 1. The van der Waals surface area contributed by atoms with Crippen molar-refractivity contribution in [3.05, 3.63) is 34.3 Å². The van der Waals surface area contributed by atoms with Gasteiger partial charge >= 0.3 is 0 Å². The van der Waals surface area contributed by atoms with Crippen LogP contribution in [0.3, 0.4) is 0 Å². The van der Waals surface area contributed by atoms with Crippen molar-refractivity contribution in [2.24, 2.45) is 0 Å². The van der Waals surface area contributed by atoms with Gasteiger partial charge in [0.1, 0.15) is 5.82 Å². The Balaban J connectivity index is 1.86. The second-order valence-electron chi connectivity index (χ2n) is 4.00. The molecule has 0 fully saturated rings. The van der Waals surface area contributed by atoms with Gasteiger partial charge in [-0.1, -0.05) is 6.92 Å². The van der Waals surface area contributed by atoms with Crippen LogP contribution in [0.15, 0.2) is 17.9 Å². The van der Waals surface area contributed by atoms with Crippen molar-refractivity contribution in [3.63, 3.8) is 0 Å². The molecule has 0 saturated heterocycles. The average Bonchev–Trinajstić information content (AvgIpc) is 2.90. The fraction of sp³-hybridized carbons (Fsp3) is 0.500. The fourth-order valence-corrected chi connectivity index (χ4v) is 2.48. The predicted octanol–water partition coefficient (Wildman–Crippen LogP) is 2.35. The Morgan fingerprint density at radius 3 is 2.94 bits per heavy atom. The highest BCUT2D eigenvalue weighted by Gasteiger charge is 2.03. The minimum atomic E-state index is 0.810. The highest BCUT2D eigenvalue weighted by molar-refractivity contribution is 7.09. The second kappa shape index (κ2) is 5.93. The number of aryl methyl sites for hydroxylation is 2. The smallest absolute Gasteiger partial charge is 0.122 e. The van der Waals surface area contributed by atoms with Crippen LogP contribution in [0, 0.1) is 6.92 Å². The van der Waals surface area contributed by atoms with Crippen molar-refractivity contribution in [2.45, 2.75) is 39.9 Å². The van der Waals surface area contributed by atoms with E-state index in [0.29, 0.717) is 0 Å². The third kappa shape index (κ3) is 3.14. The van der Waals surface area contributed by atoms with Gasteiger partial charge < -0.3 is 9.88 Å². The maximum atomic E-state index is 4.36. The van der Waals surface area contributed by atoms with Crippen molar-refractivity contribution >= 4 is 11.3 Å². The first-order chi connectivity index (χ1) is 8.31. The minimum absolute atomic E-state index is 0.810. The van der Waals surface area contributed by atoms with E-state index in [-0.39, 0.29) is 0 Å². The van der Waals surface area contributed by atoms with Crippen LogP contribution < -0.4 is 5.32 Å². The third-order valence-corrected chi connectivity index (χ3v) is 3.61. The normalized spacial score (nSPS) is 10.9. The van der Waals surface area contributed by atoms with Gasteiger partial charge in [0, 0.05) is 30.4 Å². The van der Waals surface area contributed by atoms with Crippen LogP contribution in [0.4, 0.5) is 0 Å². The molecule has 4 nitrogen and oxygen atoms in total. The van der Waals surface area contributed by atoms with Gasteiger partial charge in [-0.15, -0.1) is 11.3 Å². The summed E-state index contributed by atoms with van der Waals surface area (Å²) in [5.41, 5.74) is 3.02. The first-order valence-electron chi connectivity index (χ1n) is 5.91. The summed E-state index contributed by atoms with van der Waals surface area (Å²) in [6.45, 7) is 6.94. The molecule has 0 amide bonds. The molecule has 0 radical (unpaired) electrons. The fourth-order valence-electron chi connectivity index (χ4n) is 1.74. The van der Waals surface area contributed by atoms with Gasteiger partial charge in [0.25, 0.3) is 0 Å². The van der Waals surface area contributed by atoms with E-state index in [1.807, 2.05) is 24.8 Å². The van der Waals surface area contributed by atoms with E-state index in [0.717, 1.165) is 37.6 Å². The largest absolute Gasteiger partial charge is 0.334 e. The minimum Gasteiger partial charge on any atom is -0.334 e. The van der Waals surface area contributed by atoms with E-state index in [1.165, 1.54) is 4.88 Å². The van der Waals surface area contributed by atoms with E-state index in [4.69, 9.17) is 0 Å². The number of thiazole rings is 1. The second-order valence-corrected chi connectivity index (χ2v) is 4.94. The molecule has 0 aliphatic carbocycles. The Bertz CT molecular complexity index is 461.